The number of anilines is 1. The van der Waals surface area contributed by atoms with Crippen molar-refractivity contribution in [3.05, 3.63) is 32.3 Å². The lowest BCUT2D eigenvalue weighted by Crippen LogP contribution is -2.26. The number of benzene rings is 1. The zero-order chi connectivity index (χ0) is 14.7. The smallest absolute Gasteiger partial charge is 0.293 e. The summed E-state index contributed by atoms with van der Waals surface area (Å²) in [4.78, 5) is 10.7. The minimum Gasteiger partial charge on any atom is -0.376 e. The molecule has 0 amide bonds. The first kappa shape index (κ1) is 15.7. The molecule has 1 aromatic rings. The van der Waals surface area contributed by atoms with E-state index in [-0.39, 0.29) is 16.8 Å². The van der Waals surface area contributed by atoms with Crippen molar-refractivity contribution >= 4 is 46.3 Å². The molecule has 0 heterocycles. The molecule has 0 spiro atoms. The largest absolute Gasteiger partial charge is 0.376 e. The fraction of sp³-hybridized carbons (Fsp3) is 0.538. The van der Waals surface area contributed by atoms with Crippen LogP contribution in [-0.4, -0.2) is 22.0 Å². The first-order valence-corrected chi connectivity index (χ1v) is 8.35. The molecule has 0 saturated heterocycles. The molecular formula is C13H16Cl2N2O2S. The van der Waals surface area contributed by atoms with Gasteiger partial charge in [0, 0.05) is 17.4 Å². The Morgan fingerprint density at radius 1 is 1.40 bits per heavy atom. The summed E-state index contributed by atoms with van der Waals surface area (Å²) in [7, 11) is 0. The van der Waals surface area contributed by atoms with E-state index in [4.69, 9.17) is 23.2 Å². The predicted octanol–water partition coefficient (Wildman–Crippen LogP) is 4.99. The highest BCUT2D eigenvalue weighted by Gasteiger charge is 2.29. The molecule has 1 aliphatic carbocycles. The Bertz CT molecular complexity index is 513. The summed E-state index contributed by atoms with van der Waals surface area (Å²) in [6.45, 7) is 2.13. The van der Waals surface area contributed by atoms with Crippen LogP contribution in [0, 0.1) is 10.1 Å². The van der Waals surface area contributed by atoms with E-state index in [9.17, 15) is 10.1 Å². The number of nitro groups is 1. The fourth-order valence-corrected chi connectivity index (χ4v) is 4.03. The van der Waals surface area contributed by atoms with Crippen molar-refractivity contribution in [2.24, 2.45) is 0 Å². The SMILES string of the molecule is CCSC1CCCC1Nc1cc(Cl)c(Cl)cc1[N+](=O)[O-]. The average Bonchev–Trinajstić information content (AvgIpc) is 2.81. The quantitative estimate of drug-likeness (QED) is 0.608. The molecule has 0 bridgehead atoms. The van der Waals surface area contributed by atoms with E-state index >= 15 is 0 Å². The lowest BCUT2D eigenvalue weighted by Gasteiger charge is -2.21. The van der Waals surface area contributed by atoms with E-state index in [1.54, 1.807) is 6.07 Å². The molecule has 1 aromatic carbocycles. The number of nitro benzene ring substituents is 1. The Hall–Kier alpha value is -0.650. The van der Waals surface area contributed by atoms with Gasteiger partial charge in [0.1, 0.15) is 5.69 Å². The van der Waals surface area contributed by atoms with Crippen molar-refractivity contribution in [3.8, 4) is 0 Å². The Kier molecular flexibility index (Phi) is 5.41. The molecule has 4 nitrogen and oxygen atoms in total. The number of nitrogens with zero attached hydrogens (tertiary/aromatic N) is 1. The van der Waals surface area contributed by atoms with Crippen molar-refractivity contribution in [3.63, 3.8) is 0 Å². The van der Waals surface area contributed by atoms with Crippen LogP contribution in [0.25, 0.3) is 0 Å². The lowest BCUT2D eigenvalue weighted by atomic mass is 10.2. The molecule has 110 valence electrons. The number of nitrogens with one attached hydrogen (secondary N) is 1. The monoisotopic (exact) mass is 334 g/mol. The Balaban J connectivity index is 2.24. The van der Waals surface area contributed by atoms with E-state index in [1.807, 2.05) is 11.8 Å². The van der Waals surface area contributed by atoms with Gasteiger partial charge in [0.2, 0.25) is 0 Å². The van der Waals surface area contributed by atoms with Gasteiger partial charge in [-0.25, -0.2) is 0 Å². The highest BCUT2D eigenvalue weighted by atomic mass is 35.5. The average molecular weight is 335 g/mol. The van der Waals surface area contributed by atoms with Gasteiger partial charge < -0.3 is 5.32 Å². The van der Waals surface area contributed by atoms with Crippen LogP contribution >= 0.6 is 35.0 Å². The zero-order valence-corrected chi connectivity index (χ0v) is 13.4. The van der Waals surface area contributed by atoms with Gasteiger partial charge in [-0.3, -0.25) is 10.1 Å². The summed E-state index contributed by atoms with van der Waals surface area (Å²) < 4.78 is 0. The number of hydrogen-bond donors (Lipinski definition) is 1. The molecule has 0 aromatic heterocycles. The maximum Gasteiger partial charge on any atom is 0.293 e. The molecule has 1 N–H and O–H groups in total. The van der Waals surface area contributed by atoms with Crippen LogP contribution in [0.3, 0.4) is 0 Å². The molecule has 2 atom stereocenters. The first-order valence-electron chi connectivity index (χ1n) is 6.54. The van der Waals surface area contributed by atoms with Crippen molar-refractivity contribution < 1.29 is 4.92 Å². The Morgan fingerprint density at radius 3 is 2.75 bits per heavy atom. The minimum atomic E-state index is -0.429. The Morgan fingerprint density at radius 2 is 2.10 bits per heavy atom. The van der Waals surface area contributed by atoms with Gasteiger partial charge >= 0.3 is 0 Å². The predicted molar refractivity (Wildman–Crippen MR) is 86.3 cm³/mol. The van der Waals surface area contributed by atoms with Gasteiger partial charge in [0.15, 0.2) is 0 Å². The summed E-state index contributed by atoms with van der Waals surface area (Å²) in [5, 5.41) is 15.4. The molecule has 7 heteroatoms. The van der Waals surface area contributed by atoms with Crippen LogP contribution in [0.15, 0.2) is 12.1 Å². The van der Waals surface area contributed by atoms with Gasteiger partial charge in [-0.05, 0) is 24.7 Å². The van der Waals surface area contributed by atoms with Crippen LogP contribution in [0.1, 0.15) is 26.2 Å². The van der Waals surface area contributed by atoms with E-state index in [1.165, 1.54) is 6.07 Å². The van der Waals surface area contributed by atoms with Crippen molar-refractivity contribution in [2.75, 3.05) is 11.1 Å². The molecule has 20 heavy (non-hydrogen) atoms. The summed E-state index contributed by atoms with van der Waals surface area (Å²) in [6, 6.07) is 3.10. The molecule has 2 unspecified atom stereocenters. The molecule has 2 rings (SSSR count). The molecular weight excluding hydrogens is 319 g/mol. The van der Waals surface area contributed by atoms with Crippen LogP contribution in [-0.2, 0) is 0 Å². The fourth-order valence-electron chi connectivity index (χ4n) is 2.51. The van der Waals surface area contributed by atoms with Crippen LogP contribution in [0.2, 0.25) is 10.0 Å². The van der Waals surface area contributed by atoms with E-state index < -0.39 is 4.92 Å². The number of rotatable bonds is 5. The van der Waals surface area contributed by atoms with Gasteiger partial charge in [-0.2, -0.15) is 11.8 Å². The molecule has 0 radical (unpaired) electrons. The molecule has 1 aliphatic rings. The third kappa shape index (κ3) is 3.51. The molecule has 0 aliphatic heterocycles. The first-order chi connectivity index (χ1) is 9.52. The highest BCUT2D eigenvalue weighted by Crippen LogP contribution is 2.37. The van der Waals surface area contributed by atoms with E-state index in [2.05, 4.69) is 12.2 Å². The summed E-state index contributed by atoms with van der Waals surface area (Å²) >= 11 is 13.7. The third-order valence-corrected chi connectivity index (χ3v) is 5.46. The minimum absolute atomic E-state index is 0.0217. The van der Waals surface area contributed by atoms with Gasteiger partial charge in [-0.1, -0.05) is 36.5 Å². The van der Waals surface area contributed by atoms with Gasteiger partial charge in [-0.15, -0.1) is 0 Å². The number of halogens is 2. The number of hydrogen-bond acceptors (Lipinski definition) is 4. The van der Waals surface area contributed by atoms with E-state index in [0.717, 1.165) is 25.0 Å². The summed E-state index contributed by atoms with van der Waals surface area (Å²) in [6.07, 6.45) is 3.31. The van der Waals surface area contributed by atoms with Crippen molar-refractivity contribution in [1.82, 2.24) is 0 Å². The molecule has 1 saturated carbocycles. The second-order valence-corrected chi connectivity index (χ2v) is 7.05. The highest BCUT2D eigenvalue weighted by molar-refractivity contribution is 7.99. The summed E-state index contributed by atoms with van der Waals surface area (Å²) in [5.41, 5.74) is 0.435. The number of thioether (sulfide) groups is 1. The lowest BCUT2D eigenvalue weighted by molar-refractivity contribution is -0.384. The van der Waals surface area contributed by atoms with Crippen molar-refractivity contribution in [2.45, 2.75) is 37.5 Å². The van der Waals surface area contributed by atoms with Crippen LogP contribution in [0.4, 0.5) is 11.4 Å². The second kappa shape index (κ2) is 6.87. The Labute approximate surface area is 132 Å². The topological polar surface area (TPSA) is 55.2 Å². The maximum absolute atomic E-state index is 11.1. The van der Waals surface area contributed by atoms with Gasteiger partial charge in [0.05, 0.1) is 15.0 Å². The van der Waals surface area contributed by atoms with Gasteiger partial charge in [0.25, 0.3) is 5.69 Å². The van der Waals surface area contributed by atoms with Crippen molar-refractivity contribution in [1.29, 1.82) is 0 Å². The molecule has 1 fully saturated rings. The van der Waals surface area contributed by atoms with Crippen LogP contribution < -0.4 is 5.32 Å². The third-order valence-electron chi connectivity index (χ3n) is 3.41. The standard InChI is InChI=1S/C13H16Cl2N2O2S/c1-2-20-13-5-3-4-10(13)16-11-6-8(14)9(15)7-12(11)17(18)19/h6-7,10,13,16H,2-5H2,1H3. The normalized spacial score (nSPS) is 21.9. The maximum atomic E-state index is 11.1. The second-order valence-electron chi connectivity index (χ2n) is 4.72. The van der Waals surface area contributed by atoms with Crippen LogP contribution in [0.5, 0.6) is 0 Å². The van der Waals surface area contributed by atoms with E-state index in [0.29, 0.717) is 16.0 Å². The summed E-state index contributed by atoms with van der Waals surface area (Å²) in [5.74, 6) is 1.05. The zero-order valence-electron chi connectivity index (χ0n) is 11.1.